The second-order valence-electron chi connectivity index (χ2n) is 8.15. The van der Waals surface area contributed by atoms with E-state index in [-0.39, 0.29) is 11.9 Å². The van der Waals surface area contributed by atoms with Crippen LogP contribution in [0.1, 0.15) is 30.0 Å². The highest BCUT2D eigenvalue weighted by Crippen LogP contribution is 2.33. The minimum absolute atomic E-state index is 0.149. The SMILES string of the molecule is Fc1ccccc1-c1[nH]ncc1C(NC1CCNCC1)c1ccc(-c2ccccc2)nc1. The number of nitrogens with one attached hydrogen (secondary N) is 3. The summed E-state index contributed by atoms with van der Waals surface area (Å²) in [5, 5.41) is 14.5. The number of aromatic amines is 1. The van der Waals surface area contributed by atoms with E-state index in [0.717, 1.165) is 48.3 Å². The minimum Gasteiger partial charge on any atom is -0.317 e. The van der Waals surface area contributed by atoms with Gasteiger partial charge in [0.2, 0.25) is 0 Å². The van der Waals surface area contributed by atoms with Gasteiger partial charge in [0.1, 0.15) is 5.82 Å². The summed E-state index contributed by atoms with van der Waals surface area (Å²) >= 11 is 0. The lowest BCUT2D eigenvalue weighted by Crippen LogP contribution is -2.42. The van der Waals surface area contributed by atoms with Crippen LogP contribution in [-0.2, 0) is 0 Å². The number of piperidine rings is 1. The number of hydrogen-bond donors (Lipinski definition) is 3. The summed E-state index contributed by atoms with van der Waals surface area (Å²) in [5.41, 5.74) is 5.17. The van der Waals surface area contributed by atoms with Gasteiger partial charge in [-0.25, -0.2) is 4.39 Å². The van der Waals surface area contributed by atoms with Gasteiger partial charge in [0.05, 0.1) is 23.6 Å². The molecular weight excluding hydrogens is 401 g/mol. The lowest BCUT2D eigenvalue weighted by Gasteiger charge is -2.29. The first kappa shape index (κ1) is 20.5. The fourth-order valence-corrected chi connectivity index (χ4v) is 4.34. The summed E-state index contributed by atoms with van der Waals surface area (Å²) in [6, 6.07) is 21.3. The number of rotatable bonds is 6. The number of nitrogens with zero attached hydrogens (tertiary/aromatic N) is 2. The monoisotopic (exact) mass is 427 g/mol. The largest absolute Gasteiger partial charge is 0.317 e. The number of aromatic nitrogens is 3. The Morgan fingerprint density at radius 1 is 0.906 bits per heavy atom. The number of benzene rings is 2. The molecule has 0 bridgehead atoms. The Bertz CT molecular complexity index is 1150. The van der Waals surface area contributed by atoms with Crippen molar-refractivity contribution >= 4 is 0 Å². The topological polar surface area (TPSA) is 65.6 Å². The van der Waals surface area contributed by atoms with Gasteiger partial charge in [-0.2, -0.15) is 5.10 Å². The van der Waals surface area contributed by atoms with Crippen LogP contribution in [0.25, 0.3) is 22.5 Å². The quantitative estimate of drug-likeness (QED) is 0.417. The molecule has 0 radical (unpaired) electrons. The van der Waals surface area contributed by atoms with Gasteiger partial charge in [0.15, 0.2) is 0 Å². The average Bonchev–Trinajstić information content (AvgIpc) is 3.33. The molecule has 162 valence electrons. The Kier molecular flexibility index (Phi) is 6.05. The Morgan fingerprint density at radius 2 is 1.69 bits per heavy atom. The van der Waals surface area contributed by atoms with Crippen LogP contribution in [0.15, 0.2) is 79.1 Å². The highest BCUT2D eigenvalue weighted by Gasteiger charge is 2.25. The number of halogens is 1. The van der Waals surface area contributed by atoms with E-state index in [4.69, 9.17) is 4.98 Å². The fraction of sp³-hybridized carbons (Fsp3) is 0.231. The van der Waals surface area contributed by atoms with E-state index in [2.05, 4.69) is 39.0 Å². The number of pyridine rings is 1. The Morgan fingerprint density at radius 3 is 2.44 bits per heavy atom. The summed E-state index contributed by atoms with van der Waals surface area (Å²) in [6.45, 7) is 1.97. The van der Waals surface area contributed by atoms with Crippen LogP contribution in [0, 0.1) is 5.82 Å². The maximum absolute atomic E-state index is 14.6. The van der Waals surface area contributed by atoms with E-state index in [9.17, 15) is 4.39 Å². The van der Waals surface area contributed by atoms with Crippen molar-refractivity contribution in [2.24, 2.45) is 0 Å². The summed E-state index contributed by atoms with van der Waals surface area (Å²) in [5.74, 6) is -0.267. The highest BCUT2D eigenvalue weighted by atomic mass is 19.1. The molecule has 1 saturated heterocycles. The van der Waals surface area contributed by atoms with Crippen LogP contribution < -0.4 is 10.6 Å². The van der Waals surface area contributed by atoms with E-state index >= 15 is 0 Å². The maximum atomic E-state index is 14.6. The van der Waals surface area contributed by atoms with Gasteiger partial charge in [0, 0.05) is 28.9 Å². The molecule has 0 aliphatic carbocycles. The van der Waals surface area contributed by atoms with Gasteiger partial charge >= 0.3 is 0 Å². The minimum atomic E-state index is -0.267. The molecule has 0 amide bonds. The highest BCUT2D eigenvalue weighted by molar-refractivity contribution is 5.65. The molecule has 0 saturated carbocycles. The van der Waals surface area contributed by atoms with Crippen LogP contribution in [0.5, 0.6) is 0 Å². The smallest absolute Gasteiger partial charge is 0.132 e. The van der Waals surface area contributed by atoms with Crippen molar-refractivity contribution < 1.29 is 4.39 Å². The van der Waals surface area contributed by atoms with Gasteiger partial charge in [-0.1, -0.05) is 48.5 Å². The lowest BCUT2D eigenvalue weighted by atomic mass is 9.94. The first-order chi connectivity index (χ1) is 15.8. The number of H-pyrrole nitrogens is 1. The summed E-state index contributed by atoms with van der Waals surface area (Å²) < 4.78 is 14.6. The van der Waals surface area contributed by atoms with Gasteiger partial charge in [0.25, 0.3) is 0 Å². The van der Waals surface area contributed by atoms with Crippen molar-refractivity contribution in [1.82, 2.24) is 25.8 Å². The van der Waals surface area contributed by atoms with Crippen LogP contribution in [0.4, 0.5) is 4.39 Å². The Labute approximate surface area is 187 Å². The molecule has 5 rings (SSSR count). The molecule has 2 aromatic carbocycles. The van der Waals surface area contributed by atoms with Crippen molar-refractivity contribution in [3.63, 3.8) is 0 Å². The average molecular weight is 428 g/mol. The zero-order valence-electron chi connectivity index (χ0n) is 17.8. The molecule has 1 fully saturated rings. The van der Waals surface area contributed by atoms with Crippen molar-refractivity contribution in [3.05, 3.63) is 96.1 Å². The van der Waals surface area contributed by atoms with Crippen molar-refractivity contribution in [2.45, 2.75) is 24.9 Å². The van der Waals surface area contributed by atoms with E-state index in [1.165, 1.54) is 6.07 Å². The van der Waals surface area contributed by atoms with E-state index in [1.54, 1.807) is 18.3 Å². The van der Waals surface area contributed by atoms with Crippen molar-refractivity contribution in [2.75, 3.05) is 13.1 Å². The van der Waals surface area contributed by atoms with Gasteiger partial charge in [-0.3, -0.25) is 10.1 Å². The van der Waals surface area contributed by atoms with Crippen LogP contribution in [-0.4, -0.2) is 34.3 Å². The first-order valence-electron chi connectivity index (χ1n) is 11.1. The zero-order valence-corrected chi connectivity index (χ0v) is 17.8. The summed E-state index contributed by atoms with van der Waals surface area (Å²) in [7, 11) is 0. The van der Waals surface area contributed by atoms with Gasteiger partial charge < -0.3 is 10.6 Å². The van der Waals surface area contributed by atoms with E-state index in [0.29, 0.717) is 17.3 Å². The third-order valence-corrected chi connectivity index (χ3v) is 6.05. The molecule has 3 heterocycles. The Hall–Kier alpha value is -3.35. The molecule has 1 unspecified atom stereocenters. The second kappa shape index (κ2) is 9.42. The van der Waals surface area contributed by atoms with Gasteiger partial charge in [-0.15, -0.1) is 0 Å². The predicted molar refractivity (Wildman–Crippen MR) is 125 cm³/mol. The third kappa shape index (κ3) is 4.33. The molecule has 2 aromatic heterocycles. The Balaban J connectivity index is 1.52. The zero-order chi connectivity index (χ0) is 21.8. The second-order valence-corrected chi connectivity index (χ2v) is 8.15. The van der Waals surface area contributed by atoms with Crippen molar-refractivity contribution in [1.29, 1.82) is 0 Å². The predicted octanol–water partition coefficient (Wildman–Crippen LogP) is 4.71. The molecule has 0 spiro atoms. The summed E-state index contributed by atoms with van der Waals surface area (Å²) in [4.78, 5) is 4.74. The molecule has 32 heavy (non-hydrogen) atoms. The van der Waals surface area contributed by atoms with Crippen LogP contribution in [0.2, 0.25) is 0 Å². The number of hydrogen-bond acceptors (Lipinski definition) is 4. The molecule has 5 nitrogen and oxygen atoms in total. The molecule has 1 aliphatic rings. The molecule has 4 aromatic rings. The lowest BCUT2D eigenvalue weighted by molar-refractivity contribution is 0.367. The van der Waals surface area contributed by atoms with E-state index in [1.807, 2.05) is 36.5 Å². The van der Waals surface area contributed by atoms with E-state index < -0.39 is 0 Å². The first-order valence-corrected chi connectivity index (χ1v) is 11.1. The normalized spacial score (nSPS) is 15.5. The standard InChI is InChI=1S/C26H26FN5/c27-23-9-5-4-8-21(23)26-22(17-30-32-26)25(31-20-12-14-28-15-13-20)19-10-11-24(29-16-19)18-6-2-1-3-7-18/h1-11,16-17,20,25,28,31H,12-15H2,(H,30,32). The molecule has 1 aliphatic heterocycles. The molecule has 1 atom stereocenters. The summed E-state index contributed by atoms with van der Waals surface area (Å²) in [6.07, 6.45) is 5.79. The molecular formula is C26H26FN5. The fourth-order valence-electron chi connectivity index (χ4n) is 4.34. The van der Waals surface area contributed by atoms with Crippen molar-refractivity contribution in [3.8, 4) is 22.5 Å². The molecule has 3 N–H and O–H groups in total. The van der Waals surface area contributed by atoms with Crippen LogP contribution >= 0.6 is 0 Å². The molecule has 6 heteroatoms. The van der Waals surface area contributed by atoms with Gasteiger partial charge in [-0.05, 0) is 49.7 Å². The third-order valence-electron chi connectivity index (χ3n) is 6.05. The van der Waals surface area contributed by atoms with Crippen LogP contribution in [0.3, 0.4) is 0 Å². The maximum Gasteiger partial charge on any atom is 0.132 e.